The van der Waals surface area contributed by atoms with E-state index in [9.17, 15) is 0 Å². The molecule has 17 heavy (non-hydrogen) atoms. The van der Waals surface area contributed by atoms with Crippen LogP contribution in [0.1, 0.15) is 0 Å². The van der Waals surface area contributed by atoms with E-state index in [2.05, 4.69) is 50.7 Å². The first kappa shape index (κ1) is 16.3. The molecule has 0 aromatic carbocycles. The summed E-state index contributed by atoms with van der Waals surface area (Å²) in [6.45, 7) is 16.3. The molecule has 0 atom stereocenters. The second-order valence-electron chi connectivity index (χ2n) is 5.61. The normalized spacial score (nSPS) is 13.2. The van der Waals surface area contributed by atoms with Crippen LogP contribution < -0.4 is 0 Å². The minimum atomic E-state index is -1.74. The van der Waals surface area contributed by atoms with Gasteiger partial charge in [0.2, 0.25) is 16.6 Å². The number of rotatable bonds is 7. The van der Waals surface area contributed by atoms with E-state index in [4.69, 9.17) is 13.7 Å². The van der Waals surface area contributed by atoms with Crippen LogP contribution in [0.3, 0.4) is 0 Å². The molecule has 0 unspecified atom stereocenters. The van der Waals surface area contributed by atoms with Crippen LogP contribution >= 0.6 is 0 Å². The van der Waals surface area contributed by atoms with Gasteiger partial charge in [-0.25, -0.2) is 0 Å². The highest BCUT2D eigenvalue weighted by atomic mass is 28.4. The topological polar surface area (TPSA) is 36.9 Å². The molecule has 0 spiro atoms. The average Bonchev–Trinajstić information content (AvgIpc) is 1.95. The van der Waals surface area contributed by atoms with E-state index in [0.717, 1.165) is 0 Å². The van der Waals surface area contributed by atoms with E-state index in [1.165, 1.54) is 7.11 Å². The summed E-state index contributed by atoms with van der Waals surface area (Å²) in [4.78, 5) is 9.58. The Bertz CT molecular complexity index is 287. The summed E-state index contributed by atoms with van der Waals surface area (Å²) >= 11 is 0. The molecule has 0 aliphatic rings. The summed E-state index contributed by atoms with van der Waals surface area (Å²) in [5.74, 6) is 0.837. The van der Waals surface area contributed by atoms with Crippen molar-refractivity contribution in [3.05, 3.63) is 24.4 Å². The first-order chi connectivity index (χ1) is 7.53. The lowest BCUT2D eigenvalue weighted by molar-refractivity contribution is -0.262. The first-order valence-corrected chi connectivity index (χ1v) is 12.3. The first-order valence-electron chi connectivity index (χ1n) is 5.53. The fourth-order valence-corrected chi connectivity index (χ4v) is 2.55. The molecule has 0 bridgehead atoms. The molecule has 0 radical (unpaired) electrons. The molecule has 0 saturated carbocycles. The summed E-state index contributed by atoms with van der Waals surface area (Å²) in [5.41, 5.74) is 0. The molecule has 0 heterocycles. The van der Waals surface area contributed by atoms with E-state index < -0.39 is 16.6 Å². The second kappa shape index (κ2) is 6.27. The van der Waals surface area contributed by atoms with Gasteiger partial charge in [-0.1, -0.05) is 6.58 Å². The van der Waals surface area contributed by atoms with Gasteiger partial charge in [0.25, 0.3) is 0 Å². The molecule has 0 aliphatic carbocycles. The molecule has 0 aromatic rings. The number of hydrogen-bond acceptors (Lipinski definition) is 4. The zero-order chi connectivity index (χ0) is 13.7. The Labute approximate surface area is 106 Å². The maximum absolute atomic E-state index is 5.70. The molecular formula is C11H24O4Si2. The lowest BCUT2D eigenvalue weighted by Crippen LogP contribution is -2.26. The van der Waals surface area contributed by atoms with Crippen molar-refractivity contribution in [3.63, 3.8) is 0 Å². The van der Waals surface area contributed by atoms with Gasteiger partial charge in [0.05, 0.1) is 13.2 Å². The van der Waals surface area contributed by atoms with Crippen molar-refractivity contribution in [1.29, 1.82) is 0 Å². The molecule has 100 valence electrons. The SMILES string of the molecule is C=C(/C=C(/OOC)O[Si](C)(C)C)O[Si](C)(C)C. The maximum atomic E-state index is 5.70. The quantitative estimate of drug-likeness (QED) is 0.234. The van der Waals surface area contributed by atoms with Crippen LogP contribution in [0, 0.1) is 0 Å². The van der Waals surface area contributed by atoms with E-state index in [1.54, 1.807) is 6.08 Å². The predicted octanol–water partition coefficient (Wildman–Crippen LogP) is 3.62. The van der Waals surface area contributed by atoms with Gasteiger partial charge >= 0.3 is 5.95 Å². The Morgan fingerprint density at radius 1 is 0.941 bits per heavy atom. The van der Waals surface area contributed by atoms with Crippen molar-refractivity contribution in [1.82, 2.24) is 0 Å². The van der Waals surface area contributed by atoms with E-state index in [0.29, 0.717) is 11.7 Å². The van der Waals surface area contributed by atoms with Gasteiger partial charge in [-0.2, -0.15) is 4.89 Å². The largest absolute Gasteiger partial charge is 0.545 e. The van der Waals surface area contributed by atoms with Crippen molar-refractivity contribution in [2.24, 2.45) is 0 Å². The molecule has 0 N–H and O–H groups in total. The second-order valence-corrected chi connectivity index (χ2v) is 14.5. The number of allylic oxidation sites excluding steroid dienone is 1. The average molecular weight is 276 g/mol. The Morgan fingerprint density at radius 2 is 1.41 bits per heavy atom. The Balaban J connectivity index is 4.64. The maximum Gasteiger partial charge on any atom is 0.307 e. The Morgan fingerprint density at radius 3 is 1.76 bits per heavy atom. The predicted molar refractivity (Wildman–Crippen MR) is 74.2 cm³/mol. The lowest BCUT2D eigenvalue weighted by atomic mass is 10.5. The van der Waals surface area contributed by atoms with Gasteiger partial charge in [-0.3, -0.25) is 4.89 Å². The lowest BCUT2D eigenvalue weighted by Gasteiger charge is -2.22. The molecule has 0 aliphatic heterocycles. The number of hydrogen-bond donors (Lipinski definition) is 0. The van der Waals surface area contributed by atoms with Crippen molar-refractivity contribution >= 4 is 16.6 Å². The monoisotopic (exact) mass is 276 g/mol. The van der Waals surface area contributed by atoms with E-state index >= 15 is 0 Å². The Kier molecular flexibility index (Phi) is 6.00. The van der Waals surface area contributed by atoms with Crippen molar-refractivity contribution in [3.8, 4) is 0 Å². The van der Waals surface area contributed by atoms with Crippen LogP contribution in [0.15, 0.2) is 24.4 Å². The van der Waals surface area contributed by atoms with Gasteiger partial charge < -0.3 is 8.85 Å². The minimum Gasteiger partial charge on any atom is -0.545 e. The van der Waals surface area contributed by atoms with Gasteiger partial charge in [0.1, 0.15) is 5.76 Å². The van der Waals surface area contributed by atoms with Gasteiger partial charge in [-0.05, 0) is 39.3 Å². The van der Waals surface area contributed by atoms with Crippen molar-refractivity contribution in [2.75, 3.05) is 7.11 Å². The molecule has 0 rings (SSSR count). The molecule has 0 saturated heterocycles. The van der Waals surface area contributed by atoms with Crippen LogP contribution in [0.25, 0.3) is 0 Å². The molecule has 0 aromatic heterocycles. The third-order valence-electron chi connectivity index (χ3n) is 1.29. The molecule has 4 nitrogen and oxygen atoms in total. The van der Waals surface area contributed by atoms with Crippen LogP contribution in [-0.4, -0.2) is 23.7 Å². The third-order valence-corrected chi connectivity index (χ3v) is 2.98. The molecule has 6 heteroatoms. The van der Waals surface area contributed by atoms with Crippen LogP contribution in [0.2, 0.25) is 39.3 Å². The van der Waals surface area contributed by atoms with Crippen molar-refractivity contribution < 1.29 is 18.6 Å². The van der Waals surface area contributed by atoms with Crippen LogP contribution in [-0.2, 0) is 18.6 Å². The van der Waals surface area contributed by atoms with E-state index in [-0.39, 0.29) is 0 Å². The summed E-state index contributed by atoms with van der Waals surface area (Å²) in [6.07, 6.45) is 1.62. The zero-order valence-corrected chi connectivity index (χ0v) is 13.9. The molecule has 0 amide bonds. The van der Waals surface area contributed by atoms with Gasteiger partial charge in [-0.15, -0.1) is 0 Å². The Hall–Kier alpha value is -0.726. The summed E-state index contributed by atoms with van der Waals surface area (Å²) < 4.78 is 11.4. The fourth-order valence-electron chi connectivity index (χ4n) is 1.01. The standard InChI is InChI=1S/C11H24O4Si2/c1-10(14-16(3,4)5)9-11(13-12-2)15-17(6,7)8/h9H,1H2,2-8H3/b11-9-. The van der Waals surface area contributed by atoms with E-state index in [1.807, 2.05) is 0 Å². The minimum absolute atomic E-state index is 0.301. The van der Waals surface area contributed by atoms with Crippen molar-refractivity contribution in [2.45, 2.75) is 39.3 Å². The van der Waals surface area contributed by atoms with Crippen LogP contribution in [0.5, 0.6) is 0 Å². The molecular weight excluding hydrogens is 252 g/mol. The highest BCUT2D eigenvalue weighted by Gasteiger charge is 2.21. The summed E-state index contributed by atoms with van der Waals surface area (Å²) in [7, 11) is -1.96. The fraction of sp³-hybridized carbons (Fsp3) is 0.636. The van der Waals surface area contributed by atoms with Gasteiger partial charge in [0.15, 0.2) is 0 Å². The van der Waals surface area contributed by atoms with Crippen LogP contribution in [0.4, 0.5) is 0 Å². The van der Waals surface area contributed by atoms with Gasteiger partial charge in [0, 0.05) is 0 Å². The molecule has 0 fully saturated rings. The third kappa shape index (κ3) is 10.2. The summed E-state index contributed by atoms with van der Waals surface area (Å²) in [5, 5.41) is 0. The highest BCUT2D eigenvalue weighted by molar-refractivity contribution is 6.70. The summed E-state index contributed by atoms with van der Waals surface area (Å²) in [6, 6.07) is 0. The zero-order valence-electron chi connectivity index (χ0n) is 11.9. The smallest absolute Gasteiger partial charge is 0.307 e. The highest BCUT2D eigenvalue weighted by Crippen LogP contribution is 2.16.